The van der Waals surface area contributed by atoms with Crippen molar-refractivity contribution in [1.82, 2.24) is 5.32 Å². The van der Waals surface area contributed by atoms with Crippen LogP contribution in [0.1, 0.15) is 22.0 Å². The fraction of sp³-hybridized carbons (Fsp3) is 0.292. The quantitative estimate of drug-likeness (QED) is 0.639. The van der Waals surface area contributed by atoms with E-state index in [1.54, 1.807) is 23.5 Å². The molecule has 2 heterocycles. The molecule has 4 nitrogen and oxygen atoms in total. The van der Waals surface area contributed by atoms with Gasteiger partial charge in [-0.1, -0.05) is 36.4 Å². The van der Waals surface area contributed by atoms with Crippen LogP contribution in [0.25, 0.3) is 0 Å². The van der Waals surface area contributed by atoms with Crippen molar-refractivity contribution in [3.05, 3.63) is 87.9 Å². The van der Waals surface area contributed by atoms with Crippen molar-refractivity contribution in [2.45, 2.75) is 13.0 Å². The molecular weight excluding hydrogens is 397 g/mol. The molecule has 3 aromatic rings. The van der Waals surface area contributed by atoms with E-state index in [1.807, 2.05) is 17.5 Å². The van der Waals surface area contributed by atoms with Crippen molar-refractivity contribution in [3.63, 3.8) is 0 Å². The molecule has 0 saturated carbocycles. The molecule has 2 aromatic carbocycles. The van der Waals surface area contributed by atoms with Crippen LogP contribution < -0.4 is 15.1 Å². The van der Waals surface area contributed by atoms with Gasteiger partial charge in [0, 0.05) is 10.6 Å². The topological polar surface area (TPSA) is 36.8 Å². The van der Waals surface area contributed by atoms with E-state index in [4.69, 9.17) is 0 Å². The second-order valence-electron chi connectivity index (χ2n) is 7.77. The Hall–Kier alpha value is -2.70. The number of para-hydroxylation sites is 1. The molecule has 0 unspecified atom stereocenters. The molecule has 1 atom stereocenters. The van der Waals surface area contributed by atoms with Crippen molar-refractivity contribution in [2.24, 2.45) is 0 Å². The summed E-state index contributed by atoms with van der Waals surface area (Å²) in [6.45, 7) is 6.34. The number of nitrogens with one attached hydrogen (secondary N) is 2. The van der Waals surface area contributed by atoms with Crippen LogP contribution >= 0.6 is 11.3 Å². The molecular formula is C24H27FN3OS+. The minimum absolute atomic E-state index is 0.0251. The first-order chi connectivity index (χ1) is 14.6. The zero-order valence-corrected chi connectivity index (χ0v) is 17.9. The molecule has 0 radical (unpaired) electrons. The Kier molecular flexibility index (Phi) is 6.45. The van der Waals surface area contributed by atoms with E-state index in [9.17, 15) is 9.18 Å². The van der Waals surface area contributed by atoms with Gasteiger partial charge in [-0.05, 0) is 47.7 Å². The van der Waals surface area contributed by atoms with Crippen LogP contribution in [0.15, 0.2) is 66.0 Å². The number of carbonyl (C=O) groups excluding carboxylic acids is 1. The van der Waals surface area contributed by atoms with E-state index in [0.29, 0.717) is 6.54 Å². The zero-order valence-electron chi connectivity index (χ0n) is 17.1. The first-order valence-electron chi connectivity index (χ1n) is 10.3. The van der Waals surface area contributed by atoms with E-state index < -0.39 is 0 Å². The highest BCUT2D eigenvalue weighted by Gasteiger charge is 2.25. The van der Waals surface area contributed by atoms with Gasteiger partial charge in [-0.2, -0.15) is 0 Å². The lowest BCUT2D eigenvalue weighted by atomic mass is 10.1. The fourth-order valence-electron chi connectivity index (χ4n) is 4.03. The number of benzene rings is 2. The summed E-state index contributed by atoms with van der Waals surface area (Å²) in [4.78, 5) is 17.6. The third-order valence-corrected chi connectivity index (χ3v) is 6.61. The summed E-state index contributed by atoms with van der Waals surface area (Å²) in [6, 6.07) is 18.6. The van der Waals surface area contributed by atoms with Crippen molar-refractivity contribution in [3.8, 4) is 0 Å². The summed E-state index contributed by atoms with van der Waals surface area (Å²) in [5, 5.41) is 5.16. The maximum atomic E-state index is 13.4. The van der Waals surface area contributed by atoms with Crippen molar-refractivity contribution in [2.75, 3.05) is 37.6 Å². The van der Waals surface area contributed by atoms with Gasteiger partial charge in [-0.25, -0.2) is 4.39 Å². The maximum Gasteiger partial charge on any atom is 0.275 e. The van der Waals surface area contributed by atoms with Gasteiger partial charge in [-0.15, -0.1) is 11.3 Å². The van der Waals surface area contributed by atoms with E-state index in [1.165, 1.54) is 28.3 Å². The number of hydrogen-bond acceptors (Lipinski definition) is 3. The Morgan fingerprint density at radius 3 is 2.50 bits per heavy atom. The standard InChI is InChI=1S/C24H26FN3OS/c1-18-5-2-3-6-21(18)28-14-12-27(13-15-28)17-23(29)26-24(22-7-4-16-30-22)19-8-10-20(25)11-9-19/h2-11,16,24H,12-15,17H2,1H3,(H,26,29)/p+1/t24-/m1/s1. The summed E-state index contributed by atoms with van der Waals surface area (Å²) in [5.74, 6) is -0.247. The van der Waals surface area contributed by atoms with Crippen LogP contribution in [0, 0.1) is 12.7 Å². The van der Waals surface area contributed by atoms with Crippen LogP contribution in [0.5, 0.6) is 0 Å². The van der Waals surface area contributed by atoms with Gasteiger partial charge >= 0.3 is 0 Å². The van der Waals surface area contributed by atoms with E-state index in [2.05, 4.69) is 41.4 Å². The van der Waals surface area contributed by atoms with Gasteiger partial charge in [0.25, 0.3) is 5.91 Å². The van der Waals surface area contributed by atoms with Gasteiger partial charge < -0.3 is 15.1 Å². The Bertz CT molecular complexity index is 966. The Morgan fingerprint density at radius 2 is 1.83 bits per heavy atom. The third kappa shape index (κ3) is 4.89. The number of quaternary nitrogens is 1. The molecule has 1 aliphatic rings. The lowest BCUT2D eigenvalue weighted by Crippen LogP contribution is -3.16. The number of aryl methyl sites for hydroxylation is 1. The molecule has 1 amide bonds. The van der Waals surface area contributed by atoms with Crippen LogP contribution in [-0.4, -0.2) is 38.6 Å². The minimum atomic E-state index is -0.272. The number of anilines is 1. The lowest BCUT2D eigenvalue weighted by molar-refractivity contribution is -0.892. The zero-order chi connectivity index (χ0) is 20.9. The second-order valence-corrected chi connectivity index (χ2v) is 8.75. The summed E-state index contributed by atoms with van der Waals surface area (Å²) >= 11 is 1.60. The summed E-state index contributed by atoms with van der Waals surface area (Å²) in [5.41, 5.74) is 3.47. The molecule has 30 heavy (non-hydrogen) atoms. The van der Waals surface area contributed by atoms with Gasteiger partial charge in [0.1, 0.15) is 5.82 Å². The average molecular weight is 425 g/mol. The summed E-state index contributed by atoms with van der Waals surface area (Å²) in [7, 11) is 0. The number of amides is 1. The van der Waals surface area contributed by atoms with E-state index >= 15 is 0 Å². The molecule has 0 bridgehead atoms. The van der Waals surface area contributed by atoms with Crippen LogP contribution in [0.3, 0.4) is 0 Å². The summed E-state index contributed by atoms with van der Waals surface area (Å²) < 4.78 is 13.4. The van der Waals surface area contributed by atoms with Gasteiger partial charge in [0.15, 0.2) is 6.54 Å². The summed E-state index contributed by atoms with van der Waals surface area (Å²) in [6.07, 6.45) is 0. The van der Waals surface area contributed by atoms with Gasteiger partial charge in [-0.3, -0.25) is 4.79 Å². The Morgan fingerprint density at radius 1 is 1.10 bits per heavy atom. The second kappa shape index (κ2) is 9.41. The van der Waals surface area contributed by atoms with Crippen molar-refractivity contribution < 1.29 is 14.1 Å². The molecule has 1 aliphatic heterocycles. The molecule has 6 heteroatoms. The van der Waals surface area contributed by atoms with Crippen LogP contribution in [0.2, 0.25) is 0 Å². The molecule has 0 aliphatic carbocycles. The number of carbonyl (C=O) groups is 1. The highest BCUT2D eigenvalue weighted by Crippen LogP contribution is 2.26. The monoisotopic (exact) mass is 424 g/mol. The van der Waals surface area contributed by atoms with Crippen molar-refractivity contribution >= 4 is 22.9 Å². The number of hydrogen-bond donors (Lipinski definition) is 2. The molecule has 4 rings (SSSR count). The normalized spacial score (nSPS) is 15.7. The molecule has 1 saturated heterocycles. The van der Waals surface area contributed by atoms with Crippen LogP contribution in [-0.2, 0) is 4.79 Å². The predicted octanol–water partition coefficient (Wildman–Crippen LogP) is 2.81. The number of thiophene rings is 1. The van der Waals surface area contributed by atoms with Crippen LogP contribution in [0.4, 0.5) is 10.1 Å². The molecule has 2 N–H and O–H groups in total. The van der Waals surface area contributed by atoms with E-state index in [0.717, 1.165) is 36.6 Å². The molecule has 156 valence electrons. The van der Waals surface area contributed by atoms with Gasteiger partial charge in [0.2, 0.25) is 0 Å². The van der Waals surface area contributed by atoms with Gasteiger partial charge in [0.05, 0.1) is 32.2 Å². The smallest absolute Gasteiger partial charge is 0.275 e. The van der Waals surface area contributed by atoms with E-state index in [-0.39, 0.29) is 17.8 Å². The highest BCUT2D eigenvalue weighted by molar-refractivity contribution is 7.10. The highest BCUT2D eigenvalue weighted by atomic mass is 32.1. The first-order valence-corrected chi connectivity index (χ1v) is 11.2. The number of piperazine rings is 1. The maximum absolute atomic E-state index is 13.4. The largest absolute Gasteiger partial charge is 0.360 e. The number of nitrogens with zero attached hydrogens (tertiary/aromatic N) is 1. The minimum Gasteiger partial charge on any atom is -0.360 e. The number of halogens is 1. The Labute approximate surface area is 180 Å². The molecule has 1 aromatic heterocycles. The first kappa shape index (κ1) is 20.6. The lowest BCUT2D eigenvalue weighted by Gasteiger charge is -2.34. The fourth-order valence-corrected chi connectivity index (χ4v) is 4.83. The third-order valence-electron chi connectivity index (χ3n) is 5.67. The average Bonchev–Trinajstić information content (AvgIpc) is 3.28. The number of rotatable bonds is 6. The Balaban J connectivity index is 1.36. The molecule has 0 spiro atoms. The van der Waals surface area contributed by atoms with Crippen molar-refractivity contribution in [1.29, 1.82) is 0 Å². The molecule has 1 fully saturated rings. The predicted molar refractivity (Wildman–Crippen MR) is 120 cm³/mol. The SMILES string of the molecule is Cc1ccccc1N1CC[NH+](CC(=O)N[C@H](c2ccc(F)cc2)c2cccs2)CC1.